The van der Waals surface area contributed by atoms with Crippen molar-refractivity contribution >= 4 is 40.0 Å². The van der Waals surface area contributed by atoms with Crippen LogP contribution < -0.4 is 4.74 Å². The lowest BCUT2D eigenvalue weighted by Crippen LogP contribution is -2.02. The van der Waals surface area contributed by atoms with E-state index in [9.17, 15) is 4.79 Å². The van der Waals surface area contributed by atoms with E-state index in [1.165, 1.54) is 0 Å². The smallest absolute Gasteiger partial charge is 0.193 e. The molecule has 0 spiro atoms. The van der Waals surface area contributed by atoms with Crippen LogP contribution in [0.2, 0.25) is 5.02 Å². The first-order valence-corrected chi connectivity index (χ1v) is 7.80. The Bertz CT molecular complexity index is 608. The zero-order chi connectivity index (χ0) is 14.5. The van der Waals surface area contributed by atoms with Gasteiger partial charge in [0.2, 0.25) is 0 Å². The summed E-state index contributed by atoms with van der Waals surface area (Å²) >= 11 is 8.18. The second-order valence-corrected chi connectivity index (χ2v) is 5.90. The molecule has 0 aliphatic carbocycles. The Kier molecular flexibility index (Phi) is 5.43. The van der Waals surface area contributed by atoms with Gasteiger partial charge in [-0.25, -0.2) is 0 Å². The number of carbonyl (C=O) groups is 1. The molecule has 0 aliphatic heterocycles. The van der Waals surface area contributed by atoms with Crippen LogP contribution in [-0.4, -0.2) is 12.4 Å². The fourth-order valence-corrected chi connectivity index (χ4v) is 2.24. The molecule has 0 unspecified atom stereocenters. The first-order valence-electron chi connectivity index (χ1n) is 6.34. The molecule has 2 aromatic carbocycles. The molecule has 0 aliphatic rings. The number of ketones is 1. The molecule has 0 bridgehead atoms. The molecule has 20 heavy (non-hydrogen) atoms. The van der Waals surface area contributed by atoms with Crippen molar-refractivity contribution in [3.8, 4) is 5.75 Å². The van der Waals surface area contributed by atoms with Crippen molar-refractivity contribution in [1.29, 1.82) is 0 Å². The van der Waals surface area contributed by atoms with Crippen LogP contribution in [0, 0.1) is 3.57 Å². The predicted molar refractivity (Wildman–Crippen MR) is 89.8 cm³/mol. The van der Waals surface area contributed by atoms with E-state index in [-0.39, 0.29) is 5.78 Å². The largest absolute Gasteiger partial charge is 0.494 e. The minimum absolute atomic E-state index is 0.0367. The van der Waals surface area contributed by atoms with Crippen LogP contribution in [0.1, 0.15) is 29.3 Å². The van der Waals surface area contributed by atoms with Crippen molar-refractivity contribution in [1.82, 2.24) is 0 Å². The molecule has 104 valence electrons. The van der Waals surface area contributed by atoms with Crippen molar-refractivity contribution in [3.05, 3.63) is 62.2 Å². The molecule has 0 radical (unpaired) electrons. The zero-order valence-electron chi connectivity index (χ0n) is 11.0. The minimum atomic E-state index is -0.0367. The summed E-state index contributed by atoms with van der Waals surface area (Å²) in [7, 11) is 0. The maximum absolute atomic E-state index is 12.3. The van der Waals surface area contributed by atoms with Crippen LogP contribution in [-0.2, 0) is 0 Å². The van der Waals surface area contributed by atoms with Gasteiger partial charge in [0, 0.05) is 14.7 Å². The fourth-order valence-electron chi connectivity index (χ4n) is 1.73. The van der Waals surface area contributed by atoms with Crippen molar-refractivity contribution < 1.29 is 9.53 Å². The van der Waals surface area contributed by atoms with Crippen molar-refractivity contribution in [2.75, 3.05) is 6.61 Å². The third-order valence-electron chi connectivity index (χ3n) is 2.77. The van der Waals surface area contributed by atoms with Crippen LogP contribution in [0.15, 0.2) is 42.5 Å². The Morgan fingerprint density at radius 1 is 1.15 bits per heavy atom. The van der Waals surface area contributed by atoms with Gasteiger partial charge in [0.05, 0.1) is 11.6 Å². The number of carbonyl (C=O) groups excluding carboxylic acids is 1. The van der Waals surface area contributed by atoms with Gasteiger partial charge in [-0.3, -0.25) is 4.79 Å². The first-order chi connectivity index (χ1) is 9.61. The van der Waals surface area contributed by atoms with E-state index < -0.39 is 0 Å². The number of hydrogen-bond acceptors (Lipinski definition) is 2. The highest BCUT2D eigenvalue weighted by atomic mass is 127. The average Bonchev–Trinajstić information content (AvgIpc) is 2.48. The summed E-state index contributed by atoms with van der Waals surface area (Å²) in [5.74, 6) is 0.745. The van der Waals surface area contributed by atoms with Crippen LogP contribution in [0.4, 0.5) is 0 Å². The predicted octanol–water partition coefficient (Wildman–Crippen LogP) is 4.96. The third-order valence-corrected chi connectivity index (χ3v) is 4.34. The number of ether oxygens (including phenoxy) is 1. The maximum Gasteiger partial charge on any atom is 0.193 e. The van der Waals surface area contributed by atoms with E-state index in [2.05, 4.69) is 29.5 Å². The number of hydrogen-bond donors (Lipinski definition) is 0. The molecular weight excluding hydrogens is 387 g/mol. The van der Waals surface area contributed by atoms with Crippen LogP contribution in [0.5, 0.6) is 5.75 Å². The van der Waals surface area contributed by atoms with E-state index in [4.69, 9.17) is 16.3 Å². The van der Waals surface area contributed by atoms with Gasteiger partial charge < -0.3 is 4.74 Å². The lowest BCUT2D eigenvalue weighted by molar-refractivity contribution is 0.103. The summed E-state index contributed by atoms with van der Waals surface area (Å²) in [6.45, 7) is 2.73. The lowest BCUT2D eigenvalue weighted by Gasteiger charge is -2.06. The summed E-state index contributed by atoms with van der Waals surface area (Å²) in [4.78, 5) is 12.3. The van der Waals surface area contributed by atoms with Crippen molar-refractivity contribution in [3.63, 3.8) is 0 Å². The van der Waals surface area contributed by atoms with Gasteiger partial charge in [-0.2, -0.15) is 0 Å². The summed E-state index contributed by atoms with van der Waals surface area (Å²) in [6.07, 6.45) is 0.960. The maximum atomic E-state index is 12.3. The van der Waals surface area contributed by atoms with Gasteiger partial charge in [-0.1, -0.05) is 18.5 Å². The highest BCUT2D eigenvalue weighted by Crippen LogP contribution is 2.22. The van der Waals surface area contributed by atoms with Gasteiger partial charge in [0.1, 0.15) is 5.75 Å². The second kappa shape index (κ2) is 7.09. The SMILES string of the molecule is CCCOc1ccc(C(=O)c2ccc(I)c(Cl)c2)cc1. The third kappa shape index (κ3) is 3.73. The molecule has 4 heteroatoms. The molecule has 0 saturated heterocycles. The van der Waals surface area contributed by atoms with E-state index in [0.717, 1.165) is 15.7 Å². The first kappa shape index (κ1) is 15.3. The standard InChI is InChI=1S/C16H14ClIO2/c1-2-9-20-13-6-3-11(4-7-13)16(19)12-5-8-15(18)14(17)10-12/h3-8,10H,2,9H2,1H3. The van der Waals surface area contributed by atoms with Crippen LogP contribution in [0.25, 0.3) is 0 Å². The van der Waals surface area contributed by atoms with Gasteiger partial charge >= 0.3 is 0 Å². The normalized spacial score (nSPS) is 10.3. The Labute approximate surface area is 137 Å². The van der Waals surface area contributed by atoms with Crippen molar-refractivity contribution in [2.24, 2.45) is 0 Å². The zero-order valence-corrected chi connectivity index (χ0v) is 13.9. The Morgan fingerprint density at radius 2 is 1.80 bits per heavy atom. The molecule has 2 aromatic rings. The molecule has 0 aromatic heterocycles. The summed E-state index contributed by atoms with van der Waals surface area (Å²) < 4.78 is 6.43. The van der Waals surface area contributed by atoms with Crippen LogP contribution in [0.3, 0.4) is 0 Å². The summed E-state index contributed by atoms with van der Waals surface area (Å²) in [5, 5.41) is 0.597. The quantitative estimate of drug-likeness (QED) is 0.523. The Hall–Kier alpha value is -1.07. The molecule has 0 heterocycles. The molecule has 0 atom stereocenters. The Balaban J connectivity index is 2.18. The molecule has 0 saturated carbocycles. The summed E-state index contributed by atoms with van der Waals surface area (Å²) in [6, 6.07) is 12.5. The number of benzene rings is 2. The Morgan fingerprint density at radius 3 is 2.40 bits per heavy atom. The van der Waals surface area contributed by atoms with Crippen LogP contribution >= 0.6 is 34.2 Å². The fraction of sp³-hybridized carbons (Fsp3) is 0.188. The van der Waals surface area contributed by atoms with Gasteiger partial charge in [-0.05, 0) is 71.5 Å². The highest BCUT2D eigenvalue weighted by Gasteiger charge is 2.10. The van der Waals surface area contributed by atoms with E-state index >= 15 is 0 Å². The topological polar surface area (TPSA) is 26.3 Å². The van der Waals surface area contributed by atoms with E-state index in [1.807, 2.05) is 18.2 Å². The number of halogens is 2. The highest BCUT2D eigenvalue weighted by molar-refractivity contribution is 14.1. The molecular formula is C16H14ClIO2. The molecule has 2 nitrogen and oxygen atoms in total. The monoisotopic (exact) mass is 400 g/mol. The van der Waals surface area contributed by atoms with Crippen molar-refractivity contribution in [2.45, 2.75) is 13.3 Å². The number of rotatable bonds is 5. The molecule has 0 N–H and O–H groups in total. The van der Waals surface area contributed by atoms with Gasteiger partial charge in [0.25, 0.3) is 0 Å². The molecule has 0 fully saturated rings. The van der Waals surface area contributed by atoms with E-state index in [1.54, 1.807) is 24.3 Å². The lowest BCUT2D eigenvalue weighted by atomic mass is 10.0. The molecule has 0 amide bonds. The minimum Gasteiger partial charge on any atom is -0.494 e. The second-order valence-electron chi connectivity index (χ2n) is 4.33. The van der Waals surface area contributed by atoms with Gasteiger partial charge in [-0.15, -0.1) is 0 Å². The molecule has 2 rings (SSSR count). The van der Waals surface area contributed by atoms with E-state index in [0.29, 0.717) is 22.8 Å². The summed E-state index contributed by atoms with van der Waals surface area (Å²) in [5.41, 5.74) is 1.23. The average molecular weight is 401 g/mol. The van der Waals surface area contributed by atoms with Gasteiger partial charge in [0.15, 0.2) is 5.78 Å².